The van der Waals surface area contributed by atoms with Gasteiger partial charge < -0.3 is 30.9 Å². The highest BCUT2D eigenvalue weighted by molar-refractivity contribution is 8.01. The zero-order valence-corrected chi connectivity index (χ0v) is 16.5. The summed E-state index contributed by atoms with van der Waals surface area (Å²) < 4.78 is 0. The lowest BCUT2D eigenvalue weighted by Crippen LogP contribution is -2.36. The van der Waals surface area contributed by atoms with Gasteiger partial charge in [-0.15, -0.1) is 11.8 Å². The summed E-state index contributed by atoms with van der Waals surface area (Å²) in [6, 6.07) is 3.11. The number of nitrogens with zero attached hydrogens (tertiary/aromatic N) is 1. The van der Waals surface area contributed by atoms with E-state index >= 15 is 0 Å². The Morgan fingerprint density at radius 3 is 2.63 bits per heavy atom. The first kappa shape index (κ1) is 21.9. The van der Waals surface area contributed by atoms with Gasteiger partial charge in [0, 0.05) is 29.2 Å². The average molecular weight is 414 g/mol. The highest BCUT2D eigenvalue weighted by Crippen LogP contribution is 2.33. The molecule has 1 unspecified atom stereocenters. The summed E-state index contributed by atoms with van der Waals surface area (Å²) in [6.07, 6.45) is 2.46. The second-order valence-corrected chi connectivity index (χ2v) is 8.39. The molecular formula is C16H23BN2O6S2. The van der Waals surface area contributed by atoms with Crippen LogP contribution in [0.3, 0.4) is 0 Å². The fourth-order valence-electron chi connectivity index (χ4n) is 2.91. The Balaban J connectivity index is 2.09. The zero-order chi connectivity index (χ0) is 20.1. The second-order valence-electron chi connectivity index (χ2n) is 6.31. The van der Waals surface area contributed by atoms with Crippen molar-refractivity contribution in [2.45, 2.75) is 28.9 Å². The number of phenols is 1. The molecule has 0 aliphatic carbocycles. The smallest absolute Gasteiger partial charge is 0.465 e. The minimum absolute atomic E-state index is 0.00982. The van der Waals surface area contributed by atoms with Gasteiger partial charge in [-0.2, -0.15) is 11.8 Å². The van der Waals surface area contributed by atoms with Gasteiger partial charge in [0.05, 0.1) is 5.75 Å². The van der Waals surface area contributed by atoms with E-state index in [0.717, 1.165) is 18.2 Å². The molecule has 148 valence electrons. The Morgan fingerprint density at radius 1 is 1.41 bits per heavy atom. The van der Waals surface area contributed by atoms with Crippen LogP contribution in [0.5, 0.6) is 5.75 Å². The number of carboxylic acid groups (broad SMARTS) is 1. The van der Waals surface area contributed by atoms with Gasteiger partial charge in [-0.05, 0) is 30.7 Å². The van der Waals surface area contributed by atoms with Crippen LogP contribution < -0.4 is 5.73 Å². The van der Waals surface area contributed by atoms with Gasteiger partial charge >= 0.3 is 13.1 Å². The predicted octanol–water partition coefficient (Wildman–Crippen LogP) is 0.0282. The Kier molecular flexibility index (Phi) is 7.86. The van der Waals surface area contributed by atoms with Crippen molar-refractivity contribution < 1.29 is 29.9 Å². The van der Waals surface area contributed by atoms with Crippen LogP contribution in [0.25, 0.3) is 0 Å². The molecule has 2 atom stereocenters. The normalized spacial score (nSPS) is 17.8. The fraction of sp³-hybridized carbons (Fsp3) is 0.500. The van der Waals surface area contributed by atoms with Crippen LogP contribution in [0.4, 0.5) is 0 Å². The molecule has 11 heteroatoms. The van der Waals surface area contributed by atoms with Gasteiger partial charge in [-0.1, -0.05) is 6.07 Å². The summed E-state index contributed by atoms with van der Waals surface area (Å²) in [5, 5.41) is 38.2. The van der Waals surface area contributed by atoms with E-state index in [9.17, 15) is 29.9 Å². The van der Waals surface area contributed by atoms with Gasteiger partial charge in [-0.25, -0.2) is 4.79 Å². The summed E-state index contributed by atoms with van der Waals surface area (Å²) in [4.78, 5) is 25.7. The molecule has 1 aliphatic heterocycles. The lowest BCUT2D eigenvalue weighted by molar-refractivity contribution is -0.127. The predicted molar refractivity (Wildman–Crippen MR) is 106 cm³/mol. The molecular weight excluding hydrogens is 391 g/mol. The molecule has 1 aromatic rings. The van der Waals surface area contributed by atoms with Crippen molar-refractivity contribution in [3.8, 4) is 5.75 Å². The number of carbonyl (C=O) groups is 2. The van der Waals surface area contributed by atoms with Crippen molar-refractivity contribution in [2.24, 2.45) is 5.73 Å². The molecule has 6 N–H and O–H groups in total. The van der Waals surface area contributed by atoms with Crippen LogP contribution in [0.1, 0.15) is 22.3 Å². The second kappa shape index (κ2) is 9.69. The van der Waals surface area contributed by atoms with Crippen LogP contribution in [-0.2, 0) is 11.2 Å². The minimum Gasteiger partial charge on any atom is -0.507 e. The van der Waals surface area contributed by atoms with E-state index in [1.807, 2.05) is 0 Å². The van der Waals surface area contributed by atoms with Crippen LogP contribution in [0.15, 0.2) is 17.0 Å². The van der Waals surface area contributed by atoms with Crippen molar-refractivity contribution in [2.75, 3.05) is 25.1 Å². The summed E-state index contributed by atoms with van der Waals surface area (Å²) in [7, 11) is -1.73. The van der Waals surface area contributed by atoms with Crippen LogP contribution >= 0.6 is 23.5 Å². The maximum Gasteiger partial charge on any atom is 0.465 e. The molecule has 27 heavy (non-hydrogen) atoms. The topological polar surface area (TPSA) is 144 Å². The molecule has 1 aromatic carbocycles. The van der Waals surface area contributed by atoms with E-state index in [1.54, 1.807) is 23.3 Å². The largest absolute Gasteiger partial charge is 0.507 e. The molecule has 2 rings (SSSR count). The third kappa shape index (κ3) is 5.55. The standard InChI is InChI=1S/C16H23BN2O6S2/c1-26-11-3-2-9(15(21)14(11)16(22)23)6-12(17(24)25)27-8-13(20)19-5-4-10(18)7-19/h2-3,10,12,21,24-25H,4-8,18H2,1H3,(H,22,23)/t10?,12-/m0/s1. The molecule has 1 heterocycles. The van der Waals surface area contributed by atoms with Crippen LogP contribution in [0.2, 0.25) is 0 Å². The molecule has 8 nitrogen and oxygen atoms in total. The van der Waals surface area contributed by atoms with Crippen molar-refractivity contribution in [1.29, 1.82) is 0 Å². The Labute approximate surface area is 166 Å². The first-order chi connectivity index (χ1) is 12.7. The van der Waals surface area contributed by atoms with Crippen molar-refractivity contribution in [3.05, 3.63) is 23.3 Å². The van der Waals surface area contributed by atoms with Crippen molar-refractivity contribution >= 4 is 42.5 Å². The lowest BCUT2D eigenvalue weighted by Gasteiger charge is -2.20. The zero-order valence-electron chi connectivity index (χ0n) is 14.9. The molecule has 1 fully saturated rings. The van der Waals surface area contributed by atoms with E-state index in [1.165, 1.54) is 11.8 Å². The van der Waals surface area contributed by atoms with Crippen molar-refractivity contribution in [1.82, 2.24) is 4.90 Å². The number of hydrogen-bond acceptors (Lipinski definition) is 8. The summed E-state index contributed by atoms with van der Waals surface area (Å²) in [5.41, 5.74) is 5.86. The van der Waals surface area contributed by atoms with Gasteiger partial charge in [0.1, 0.15) is 11.3 Å². The summed E-state index contributed by atoms with van der Waals surface area (Å²) in [6.45, 7) is 1.08. The monoisotopic (exact) mass is 414 g/mol. The number of carboxylic acids is 1. The fourth-order valence-corrected chi connectivity index (χ4v) is 4.51. The number of amides is 1. The lowest BCUT2D eigenvalue weighted by atomic mass is 9.81. The highest BCUT2D eigenvalue weighted by Gasteiger charge is 2.30. The van der Waals surface area contributed by atoms with Crippen LogP contribution in [-0.4, -0.2) is 80.4 Å². The van der Waals surface area contributed by atoms with Gasteiger partial charge in [-0.3, -0.25) is 4.79 Å². The quantitative estimate of drug-likeness (QED) is 0.294. The Morgan fingerprint density at radius 2 is 2.11 bits per heavy atom. The first-order valence-electron chi connectivity index (χ1n) is 8.37. The molecule has 0 aromatic heterocycles. The number of nitrogens with two attached hydrogens (primary N) is 1. The maximum absolute atomic E-state index is 12.2. The molecule has 0 spiro atoms. The molecule has 1 saturated heterocycles. The molecule has 0 saturated carbocycles. The van der Waals surface area contributed by atoms with E-state index < -0.39 is 24.0 Å². The third-order valence-electron chi connectivity index (χ3n) is 4.41. The molecule has 1 aliphatic rings. The number of hydrogen-bond donors (Lipinski definition) is 5. The number of aromatic carboxylic acids is 1. The highest BCUT2D eigenvalue weighted by atomic mass is 32.2. The first-order valence-corrected chi connectivity index (χ1v) is 10.6. The van der Waals surface area contributed by atoms with Gasteiger partial charge in [0.15, 0.2) is 0 Å². The van der Waals surface area contributed by atoms with Crippen molar-refractivity contribution in [3.63, 3.8) is 0 Å². The SMILES string of the molecule is CSc1ccc(C[C@H](SCC(=O)N2CCC(N)C2)B(O)O)c(O)c1C(=O)O. The van der Waals surface area contributed by atoms with Crippen LogP contribution in [0, 0.1) is 0 Å². The van der Waals surface area contributed by atoms with E-state index in [2.05, 4.69) is 0 Å². The average Bonchev–Trinajstić information content (AvgIpc) is 3.05. The summed E-state index contributed by atoms with van der Waals surface area (Å²) >= 11 is 2.25. The Hall–Kier alpha value is -1.40. The number of likely N-dealkylation sites (tertiary alicyclic amines) is 1. The van der Waals surface area contributed by atoms with Gasteiger partial charge in [0.2, 0.25) is 5.91 Å². The minimum atomic E-state index is -1.73. The number of thioether (sulfide) groups is 2. The third-order valence-corrected chi connectivity index (χ3v) is 6.44. The molecule has 0 bridgehead atoms. The summed E-state index contributed by atoms with van der Waals surface area (Å²) in [5.74, 6) is -1.73. The Bertz CT molecular complexity index is 706. The molecule has 1 amide bonds. The van der Waals surface area contributed by atoms with E-state index in [-0.39, 0.29) is 35.2 Å². The maximum atomic E-state index is 12.2. The van der Waals surface area contributed by atoms with E-state index in [4.69, 9.17) is 5.73 Å². The number of carbonyl (C=O) groups excluding carboxylic acids is 1. The molecule has 0 radical (unpaired) electrons. The number of benzene rings is 1. The number of aromatic hydroxyl groups is 1. The van der Waals surface area contributed by atoms with E-state index in [0.29, 0.717) is 18.0 Å². The number of rotatable bonds is 8. The van der Waals surface area contributed by atoms with Gasteiger partial charge in [0.25, 0.3) is 0 Å².